The molecule has 1 aliphatic rings. The third kappa shape index (κ3) is 1.24. The summed E-state index contributed by atoms with van der Waals surface area (Å²) in [6.45, 7) is 0. The molecule has 0 aromatic heterocycles. The summed E-state index contributed by atoms with van der Waals surface area (Å²) in [5.41, 5.74) is -0.409. The normalized spacial score (nSPS) is 17.6. The highest BCUT2D eigenvalue weighted by molar-refractivity contribution is 9.10. The minimum absolute atomic E-state index is 0.184. The van der Waals surface area contributed by atoms with Gasteiger partial charge in [-0.1, -0.05) is 6.07 Å². The third-order valence-electron chi connectivity index (χ3n) is 2.51. The van der Waals surface area contributed by atoms with Crippen LogP contribution in [0.15, 0.2) is 16.6 Å². The highest BCUT2D eigenvalue weighted by Crippen LogP contribution is 2.49. The molecule has 2 rings (SSSR count). The molecule has 1 saturated carbocycles. The summed E-state index contributed by atoms with van der Waals surface area (Å²) >= 11 is 2.82. The van der Waals surface area contributed by atoms with Gasteiger partial charge in [-0.15, -0.1) is 0 Å². The monoisotopic (exact) mass is 257 g/mol. The average Bonchev–Trinajstić information content (AvgIpc) is 2.95. The summed E-state index contributed by atoms with van der Waals surface area (Å²) in [5.74, 6) is -1.29. The molecule has 0 radical (unpaired) electrons. The van der Waals surface area contributed by atoms with Gasteiger partial charge in [-0.25, -0.2) is 8.78 Å². The Kier molecular flexibility index (Phi) is 2.07. The third-order valence-corrected chi connectivity index (χ3v) is 3.24. The molecule has 1 nitrogen and oxygen atoms in total. The molecule has 0 spiro atoms. The number of benzene rings is 1. The van der Waals surface area contributed by atoms with E-state index in [9.17, 15) is 8.78 Å². The van der Waals surface area contributed by atoms with Crippen LogP contribution in [0.3, 0.4) is 0 Å². The zero-order valence-corrected chi connectivity index (χ0v) is 8.74. The van der Waals surface area contributed by atoms with E-state index in [1.165, 1.54) is 12.1 Å². The summed E-state index contributed by atoms with van der Waals surface area (Å²) in [7, 11) is 0. The summed E-state index contributed by atoms with van der Waals surface area (Å²) < 4.78 is 26.3. The first-order valence-electron chi connectivity index (χ1n) is 4.16. The van der Waals surface area contributed by atoms with Gasteiger partial charge < -0.3 is 0 Å². The second-order valence-electron chi connectivity index (χ2n) is 3.42. The van der Waals surface area contributed by atoms with Crippen molar-refractivity contribution in [3.05, 3.63) is 33.8 Å². The van der Waals surface area contributed by atoms with Gasteiger partial charge in [0, 0.05) is 5.56 Å². The van der Waals surface area contributed by atoms with Crippen molar-refractivity contribution >= 4 is 15.9 Å². The predicted molar refractivity (Wildman–Crippen MR) is 50.6 cm³/mol. The highest BCUT2D eigenvalue weighted by atomic mass is 79.9. The van der Waals surface area contributed by atoms with E-state index < -0.39 is 17.0 Å². The summed E-state index contributed by atoms with van der Waals surface area (Å²) in [6.07, 6.45) is 1.30. The molecular weight excluding hydrogens is 252 g/mol. The molecule has 1 aliphatic carbocycles. The van der Waals surface area contributed by atoms with Gasteiger partial charge in [0.2, 0.25) is 0 Å². The number of halogens is 3. The zero-order chi connectivity index (χ0) is 10.3. The molecule has 0 bridgehead atoms. The van der Waals surface area contributed by atoms with Crippen LogP contribution in [0.1, 0.15) is 18.4 Å². The van der Waals surface area contributed by atoms with Crippen LogP contribution in [0.5, 0.6) is 0 Å². The van der Waals surface area contributed by atoms with Gasteiger partial charge in [0.15, 0.2) is 0 Å². The van der Waals surface area contributed by atoms with E-state index in [2.05, 4.69) is 22.0 Å². The number of rotatable bonds is 1. The first-order chi connectivity index (χ1) is 6.60. The molecule has 14 heavy (non-hydrogen) atoms. The maximum atomic E-state index is 13.5. The Bertz CT molecular complexity index is 432. The Morgan fingerprint density at radius 3 is 2.50 bits per heavy atom. The van der Waals surface area contributed by atoms with Gasteiger partial charge >= 0.3 is 0 Å². The minimum atomic E-state index is -0.708. The summed E-state index contributed by atoms with van der Waals surface area (Å²) in [5, 5.41) is 8.87. The van der Waals surface area contributed by atoms with Crippen LogP contribution >= 0.6 is 15.9 Å². The largest absolute Gasteiger partial charge is 0.206 e. The van der Waals surface area contributed by atoms with E-state index in [0.717, 1.165) is 0 Å². The zero-order valence-electron chi connectivity index (χ0n) is 7.15. The van der Waals surface area contributed by atoms with Gasteiger partial charge in [0.1, 0.15) is 11.6 Å². The fourth-order valence-corrected chi connectivity index (χ4v) is 1.81. The second-order valence-corrected chi connectivity index (χ2v) is 4.21. The SMILES string of the molecule is N#CC1(c2ccc(F)c(Br)c2F)CC1. The molecule has 0 amide bonds. The Morgan fingerprint density at radius 1 is 1.36 bits per heavy atom. The molecule has 1 aromatic rings. The Hall–Kier alpha value is -0.950. The lowest BCUT2D eigenvalue weighted by Gasteiger charge is -2.08. The lowest BCUT2D eigenvalue weighted by molar-refractivity contribution is 0.554. The Balaban J connectivity index is 2.57. The summed E-state index contributed by atoms with van der Waals surface area (Å²) in [6, 6.07) is 4.61. The van der Waals surface area contributed by atoms with Crippen molar-refractivity contribution in [2.45, 2.75) is 18.3 Å². The number of nitrogens with zero attached hydrogens (tertiary/aromatic N) is 1. The highest BCUT2D eigenvalue weighted by Gasteiger charge is 2.47. The summed E-state index contributed by atoms with van der Waals surface area (Å²) in [4.78, 5) is 0. The van der Waals surface area contributed by atoms with E-state index in [1.54, 1.807) is 0 Å². The van der Waals surface area contributed by atoms with Crippen molar-refractivity contribution in [2.75, 3.05) is 0 Å². The van der Waals surface area contributed by atoms with Crippen LogP contribution in [0, 0.1) is 23.0 Å². The first-order valence-corrected chi connectivity index (χ1v) is 4.95. The van der Waals surface area contributed by atoms with Crippen molar-refractivity contribution in [3.63, 3.8) is 0 Å². The maximum absolute atomic E-state index is 13.5. The van der Waals surface area contributed by atoms with Gasteiger partial charge in [-0.2, -0.15) is 5.26 Å². The van der Waals surface area contributed by atoms with Crippen LogP contribution in [-0.2, 0) is 5.41 Å². The molecule has 0 atom stereocenters. The average molecular weight is 258 g/mol. The molecule has 0 N–H and O–H groups in total. The van der Waals surface area contributed by atoms with E-state index in [1.807, 2.05) is 0 Å². The van der Waals surface area contributed by atoms with E-state index in [-0.39, 0.29) is 4.47 Å². The Morgan fingerprint density at radius 2 is 2.00 bits per heavy atom. The van der Waals surface area contributed by atoms with Crippen LogP contribution in [-0.4, -0.2) is 0 Å². The predicted octanol–water partition coefficient (Wildman–Crippen LogP) is 3.28. The van der Waals surface area contributed by atoms with Crippen molar-refractivity contribution in [2.24, 2.45) is 0 Å². The maximum Gasteiger partial charge on any atom is 0.145 e. The lowest BCUT2D eigenvalue weighted by atomic mass is 9.97. The van der Waals surface area contributed by atoms with E-state index in [0.29, 0.717) is 18.4 Å². The fraction of sp³-hybridized carbons (Fsp3) is 0.300. The smallest absolute Gasteiger partial charge is 0.145 e. The lowest BCUT2D eigenvalue weighted by Crippen LogP contribution is -2.06. The molecule has 1 fully saturated rings. The molecule has 0 heterocycles. The molecule has 72 valence electrons. The molecule has 0 saturated heterocycles. The number of hydrogen-bond donors (Lipinski definition) is 0. The Labute approximate surface area is 88.5 Å². The topological polar surface area (TPSA) is 23.8 Å². The van der Waals surface area contributed by atoms with E-state index in [4.69, 9.17) is 5.26 Å². The minimum Gasteiger partial charge on any atom is -0.206 e. The molecule has 0 unspecified atom stereocenters. The standard InChI is InChI=1S/C10H6BrF2N/c11-8-7(12)2-1-6(9(8)13)10(5-14)3-4-10/h1-2H,3-4H2. The van der Waals surface area contributed by atoms with Gasteiger partial charge in [-0.3, -0.25) is 0 Å². The van der Waals surface area contributed by atoms with E-state index >= 15 is 0 Å². The first kappa shape index (κ1) is 9.60. The quantitative estimate of drug-likeness (QED) is 0.709. The van der Waals surface area contributed by atoms with Crippen LogP contribution in [0.2, 0.25) is 0 Å². The molecule has 0 aliphatic heterocycles. The molecular formula is C10H6BrF2N. The van der Waals surface area contributed by atoms with Crippen LogP contribution in [0.25, 0.3) is 0 Å². The van der Waals surface area contributed by atoms with Crippen molar-refractivity contribution in [1.29, 1.82) is 5.26 Å². The second kappa shape index (κ2) is 3.03. The fourth-order valence-electron chi connectivity index (χ4n) is 1.46. The number of nitriles is 1. The molecule has 1 aromatic carbocycles. The van der Waals surface area contributed by atoms with Gasteiger partial charge in [0.05, 0.1) is 16.0 Å². The number of hydrogen-bond acceptors (Lipinski definition) is 1. The van der Waals surface area contributed by atoms with Crippen molar-refractivity contribution in [1.82, 2.24) is 0 Å². The van der Waals surface area contributed by atoms with Crippen LogP contribution < -0.4 is 0 Å². The van der Waals surface area contributed by atoms with Crippen LogP contribution in [0.4, 0.5) is 8.78 Å². The molecule has 4 heteroatoms. The van der Waals surface area contributed by atoms with Crippen molar-refractivity contribution < 1.29 is 8.78 Å². The van der Waals surface area contributed by atoms with Crippen molar-refractivity contribution in [3.8, 4) is 6.07 Å². The van der Waals surface area contributed by atoms with Gasteiger partial charge in [0.25, 0.3) is 0 Å². The van der Waals surface area contributed by atoms with Gasteiger partial charge in [-0.05, 0) is 34.8 Å².